The van der Waals surface area contributed by atoms with E-state index >= 15 is 0 Å². The smallest absolute Gasteiger partial charge is 0.323 e. The number of aryl methyl sites for hydroxylation is 1. The van der Waals surface area contributed by atoms with Crippen molar-refractivity contribution in [3.63, 3.8) is 0 Å². The Kier molecular flexibility index (Phi) is 6.88. The van der Waals surface area contributed by atoms with Crippen molar-refractivity contribution in [1.29, 1.82) is 0 Å². The number of thioether (sulfide) groups is 1. The standard InChI is InChI=1S/C15H23NO3S/c1-4-12-5-7-13(8-6-12)19-11-16-15(2,14(17)18)9-10-20-3/h5-8,16H,4,9-11H2,1-3H3,(H,17,18). The van der Waals surface area contributed by atoms with Crippen molar-refractivity contribution < 1.29 is 14.6 Å². The third kappa shape index (κ3) is 5.06. The van der Waals surface area contributed by atoms with Crippen LogP contribution >= 0.6 is 11.8 Å². The van der Waals surface area contributed by atoms with Crippen LogP contribution in [0.1, 0.15) is 25.8 Å². The number of rotatable bonds is 9. The Morgan fingerprint density at radius 2 is 2.05 bits per heavy atom. The lowest BCUT2D eigenvalue weighted by molar-refractivity contribution is -0.144. The first-order valence-electron chi connectivity index (χ1n) is 6.71. The van der Waals surface area contributed by atoms with Gasteiger partial charge >= 0.3 is 5.97 Å². The quantitative estimate of drug-likeness (QED) is 0.686. The molecule has 112 valence electrons. The minimum absolute atomic E-state index is 0.183. The van der Waals surface area contributed by atoms with Gasteiger partial charge in [0, 0.05) is 0 Å². The van der Waals surface area contributed by atoms with E-state index in [9.17, 15) is 9.90 Å². The highest BCUT2D eigenvalue weighted by Gasteiger charge is 2.31. The minimum Gasteiger partial charge on any atom is -0.480 e. The molecule has 2 N–H and O–H groups in total. The van der Waals surface area contributed by atoms with Crippen molar-refractivity contribution in [1.82, 2.24) is 5.32 Å². The summed E-state index contributed by atoms with van der Waals surface area (Å²) >= 11 is 1.64. The van der Waals surface area contributed by atoms with Crippen molar-refractivity contribution in [3.8, 4) is 5.75 Å². The Morgan fingerprint density at radius 3 is 2.55 bits per heavy atom. The van der Waals surface area contributed by atoms with Gasteiger partial charge in [-0.1, -0.05) is 19.1 Å². The highest BCUT2D eigenvalue weighted by Crippen LogP contribution is 2.15. The van der Waals surface area contributed by atoms with E-state index in [0.29, 0.717) is 6.42 Å². The average Bonchev–Trinajstić information content (AvgIpc) is 2.45. The van der Waals surface area contributed by atoms with Crippen molar-refractivity contribution >= 4 is 17.7 Å². The fourth-order valence-electron chi connectivity index (χ4n) is 1.68. The molecular weight excluding hydrogens is 274 g/mol. The van der Waals surface area contributed by atoms with Gasteiger partial charge in [-0.25, -0.2) is 0 Å². The van der Waals surface area contributed by atoms with Gasteiger partial charge < -0.3 is 9.84 Å². The van der Waals surface area contributed by atoms with Gasteiger partial charge in [-0.15, -0.1) is 0 Å². The number of nitrogens with one attached hydrogen (secondary N) is 1. The van der Waals surface area contributed by atoms with Crippen LogP contribution in [0.4, 0.5) is 0 Å². The third-order valence-electron chi connectivity index (χ3n) is 3.31. The van der Waals surface area contributed by atoms with Crippen LogP contribution in [0.5, 0.6) is 5.75 Å². The highest BCUT2D eigenvalue weighted by molar-refractivity contribution is 7.98. The van der Waals surface area contributed by atoms with Crippen molar-refractivity contribution in [2.75, 3.05) is 18.7 Å². The first-order valence-corrected chi connectivity index (χ1v) is 8.10. The van der Waals surface area contributed by atoms with Gasteiger partial charge in [0.25, 0.3) is 0 Å². The Hall–Kier alpha value is -1.20. The Bertz CT molecular complexity index is 422. The molecule has 0 aliphatic heterocycles. The van der Waals surface area contributed by atoms with Gasteiger partial charge in [-0.3, -0.25) is 10.1 Å². The summed E-state index contributed by atoms with van der Waals surface area (Å²) in [5.74, 6) is 0.685. The molecular formula is C15H23NO3S. The molecule has 0 bridgehead atoms. The zero-order valence-electron chi connectivity index (χ0n) is 12.3. The summed E-state index contributed by atoms with van der Waals surface area (Å²) < 4.78 is 5.55. The number of carbonyl (C=O) groups is 1. The van der Waals surface area contributed by atoms with Gasteiger partial charge in [-0.05, 0) is 49.5 Å². The van der Waals surface area contributed by atoms with Gasteiger partial charge in [0.1, 0.15) is 18.0 Å². The number of aliphatic carboxylic acids is 1. The monoisotopic (exact) mass is 297 g/mol. The van der Waals surface area contributed by atoms with Crippen LogP contribution in [-0.4, -0.2) is 35.4 Å². The molecule has 5 heteroatoms. The van der Waals surface area contributed by atoms with E-state index < -0.39 is 11.5 Å². The lowest BCUT2D eigenvalue weighted by Gasteiger charge is -2.26. The van der Waals surface area contributed by atoms with Crippen LogP contribution in [0.2, 0.25) is 0 Å². The molecule has 4 nitrogen and oxygen atoms in total. The number of hydrogen-bond donors (Lipinski definition) is 2. The van der Waals surface area contributed by atoms with Gasteiger partial charge in [0.2, 0.25) is 0 Å². The molecule has 0 fully saturated rings. The molecule has 0 spiro atoms. The molecule has 1 rings (SSSR count). The van der Waals surface area contributed by atoms with Crippen molar-refractivity contribution in [2.24, 2.45) is 0 Å². The number of hydrogen-bond acceptors (Lipinski definition) is 4. The van der Waals surface area contributed by atoms with Crippen LogP contribution in [0, 0.1) is 0 Å². The summed E-state index contributed by atoms with van der Waals surface area (Å²) in [4.78, 5) is 11.3. The van der Waals surface area contributed by atoms with E-state index in [4.69, 9.17) is 4.74 Å². The fourth-order valence-corrected chi connectivity index (χ4v) is 2.29. The summed E-state index contributed by atoms with van der Waals surface area (Å²) in [6.07, 6.45) is 3.51. The van der Waals surface area contributed by atoms with E-state index in [0.717, 1.165) is 17.9 Å². The Labute approximate surface area is 124 Å². The molecule has 1 unspecified atom stereocenters. The normalized spacial score (nSPS) is 13.8. The maximum Gasteiger partial charge on any atom is 0.323 e. The van der Waals surface area contributed by atoms with Crippen LogP contribution in [-0.2, 0) is 11.2 Å². The molecule has 1 atom stereocenters. The molecule has 1 aromatic rings. The highest BCUT2D eigenvalue weighted by atomic mass is 32.2. The summed E-state index contributed by atoms with van der Waals surface area (Å²) in [5, 5.41) is 12.3. The third-order valence-corrected chi connectivity index (χ3v) is 3.92. The maximum absolute atomic E-state index is 11.3. The first-order chi connectivity index (χ1) is 9.51. The molecule has 0 amide bonds. The molecule has 0 aliphatic rings. The van der Waals surface area contributed by atoms with Crippen LogP contribution in [0.25, 0.3) is 0 Å². The molecule has 0 radical (unpaired) electrons. The summed E-state index contributed by atoms with van der Waals surface area (Å²) in [7, 11) is 0. The van der Waals surface area contributed by atoms with E-state index in [-0.39, 0.29) is 6.73 Å². The van der Waals surface area contributed by atoms with E-state index in [1.54, 1.807) is 18.7 Å². The second-order valence-corrected chi connectivity index (χ2v) is 5.83. The zero-order valence-corrected chi connectivity index (χ0v) is 13.1. The number of benzene rings is 1. The van der Waals surface area contributed by atoms with E-state index in [1.165, 1.54) is 5.56 Å². The topological polar surface area (TPSA) is 58.6 Å². The molecule has 0 saturated carbocycles. The fraction of sp³-hybridized carbons (Fsp3) is 0.533. The Morgan fingerprint density at radius 1 is 1.40 bits per heavy atom. The van der Waals surface area contributed by atoms with Gasteiger partial charge in [0.15, 0.2) is 0 Å². The lowest BCUT2D eigenvalue weighted by Crippen LogP contribution is -2.51. The first kappa shape index (κ1) is 16.9. The van der Waals surface area contributed by atoms with Crippen molar-refractivity contribution in [2.45, 2.75) is 32.2 Å². The second-order valence-electron chi connectivity index (χ2n) is 4.84. The van der Waals surface area contributed by atoms with Gasteiger partial charge in [0.05, 0.1) is 0 Å². The summed E-state index contributed by atoms with van der Waals surface area (Å²) in [6.45, 7) is 3.97. The average molecular weight is 297 g/mol. The molecule has 1 aromatic carbocycles. The SMILES string of the molecule is CCc1ccc(OCNC(C)(CCSC)C(=O)O)cc1. The maximum atomic E-state index is 11.3. The van der Waals surface area contributed by atoms with Crippen LogP contribution in [0.15, 0.2) is 24.3 Å². The molecule has 0 aromatic heterocycles. The number of carboxylic acids is 1. The van der Waals surface area contributed by atoms with E-state index in [1.807, 2.05) is 30.5 Å². The van der Waals surface area contributed by atoms with E-state index in [2.05, 4.69) is 12.2 Å². The Balaban J connectivity index is 2.49. The number of ether oxygens (including phenoxy) is 1. The molecule has 0 saturated heterocycles. The number of carboxylic acid groups (broad SMARTS) is 1. The largest absolute Gasteiger partial charge is 0.480 e. The molecule has 20 heavy (non-hydrogen) atoms. The van der Waals surface area contributed by atoms with Crippen LogP contribution < -0.4 is 10.1 Å². The van der Waals surface area contributed by atoms with Crippen LogP contribution in [0.3, 0.4) is 0 Å². The molecule has 0 aliphatic carbocycles. The minimum atomic E-state index is -0.952. The summed E-state index contributed by atoms with van der Waals surface area (Å²) in [6, 6.07) is 7.83. The molecule has 0 heterocycles. The zero-order chi connectivity index (χ0) is 15.0. The summed E-state index contributed by atoms with van der Waals surface area (Å²) in [5.41, 5.74) is 0.299. The second kappa shape index (κ2) is 8.17. The van der Waals surface area contributed by atoms with Crippen molar-refractivity contribution in [3.05, 3.63) is 29.8 Å². The predicted molar refractivity (Wildman–Crippen MR) is 83.5 cm³/mol. The predicted octanol–water partition coefficient (Wildman–Crippen LogP) is 2.77. The lowest BCUT2D eigenvalue weighted by atomic mass is 10.00. The van der Waals surface area contributed by atoms with Gasteiger partial charge in [-0.2, -0.15) is 11.8 Å².